The molecule has 0 saturated heterocycles. The average Bonchev–Trinajstić information content (AvgIpc) is 3.24. The highest BCUT2D eigenvalue weighted by molar-refractivity contribution is 7.11. The molecule has 3 aromatic rings. The summed E-state index contributed by atoms with van der Waals surface area (Å²) in [5.74, 6) is -0.709. The zero-order valence-corrected chi connectivity index (χ0v) is 20.1. The summed E-state index contributed by atoms with van der Waals surface area (Å²) in [5.41, 5.74) is 4.02. The molecule has 1 aromatic carbocycles. The average molecular weight is 454 g/mol. The third kappa shape index (κ3) is 4.31. The Morgan fingerprint density at radius 2 is 1.97 bits per heavy atom. The standard InChI is InChI=1S/C25H31N3O3S/c1-16-20(26-17(2)32-16)14-28-21-9-6-5-8-18(21)19-11-13-27(15-22(19)28)23(29)10-7-12-25(3,4)24(30)31/h5-6,8-9H,7,10-15H2,1-4H3,(H,30,31). The van der Waals surface area contributed by atoms with Crippen LogP contribution in [0.4, 0.5) is 0 Å². The minimum absolute atomic E-state index is 0.106. The van der Waals surface area contributed by atoms with Crippen molar-refractivity contribution in [1.29, 1.82) is 0 Å². The lowest BCUT2D eigenvalue weighted by atomic mass is 9.87. The van der Waals surface area contributed by atoms with E-state index in [1.54, 1.807) is 25.2 Å². The van der Waals surface area contributed by atoms with Crippen LogP contribution in [0.1, 0.15) is 59.9 Å². The number of amides is 1. The summed E-state index contributed by atoms with van der Waals surface area (Å²) in [7, 11) is 0. The Hall–Kier alpha value is -2.67. The number of fused-ring (bicyclic) bond motifs is 3. The summed E-state index contributed by atoms with van der Waals surface area (Å²) in [6.07, 6.45) is 2.30. The fraction of sp³-hybridized carbons (Fsp3) is 0.480. The van der Waals surface area contributed by atoms with Crippen molar-refractivity contribution in [3.05, 3.63) is 51.1 Å². The molecule has 0 unspecified atom stereocenters. The topological polar surface area (TPSA) is 75.4 Å². The zero-order valence-electron chi connectivity index (χ0n) is 19.3. The van der Waals surface area contributed by atoms with E-state index in [1.807, 2.05) is 11.8 Å². The van der Waals surface area contributed by atoms with Gasteiger partial charge in [0.05, 0.1) is 29.2 Å². The van der Waals surface area contributed by atoms with Crippen LogP contribution in [0, 0.1) is 19.3 Å². The maximum Gasteiger partial charge on any atom is 0.309 e. The van der Waals surface area contributed by atoms with Gasteiger partial charge >= 0.3 is 5.97 Å². The van der Waals surface area contributed by atoms with Gasteiger partial charge in [-0.1, -0.05) is 18.2 Å². The van der Waals surface area contributed by atoms with Crippen LogP contribution >= 0.6 is 11.3 Å². The number of carboxylic acids is 1. The molecule has 1 aliphatic heterocycles. The van der Waals surface area contributed by atoms with Crippen molar-refractivity contribution in [3.63, 3.8) is 0 Å². The zero-order chi connectivity index (χ0) is 23.0. The lowest BCUT2D eigenvalue weighted by Gasteiger charge is -2.29. The van der Waals surface area contributed by atoms with Crippen molar-refractivity contribution in [2.75, 3.05) is 6.54 Å². The maximum atomic E-state index is 13.0. The highest BCUT2D eigenvalue weighted by atomic mass is 32.1. The van der Waals surface area contributed by atoms with E-state index in [4.69, 9.17) is 4.98 Å². The molecule has 170 valence electrons. The molecule has 0 aliphatic carbocycles. The summed E-state index contributed by atoms with van der Waals surface area (Å²) in [6.45, 7) is 9.59. The van der Waals surface area contributed by atoms with Crippen molar-refractivity contribution in [2.45, 2.75) is 66.5 Å². The quantitative estimate of drug-likeness (QED) is 0.550. The van der Waals surface area contributed by atoms with Crippen LogP contribution in [0.3, 0.4) is 0 Å². The summed E-state index contributed by atoms with van der Waals surface area (Å²) in [6, 6.07) is 8.47. The first-order valence-electron chi connectivity index (χ1n) is 11.2. The highest BCUT2D eigenvalue weighted by Crippen LogP contribution is 2.33. The summed E-state index contributed by atoms with van der Waals surface area (Å²) in [5, 5.41) is 11.6. The number of benzene rings is 1. The third-order valence-corrected chi connectivity index (χ3v) is 7.53. The molecule has 0 bridgehead atoms. The predicted octanol–water partition coefficient (Wildman–Crippen LogP) is 4.93. The van der Waals surface area contributed by atoms with Crippen LogP contribution < -0.4 is 0 Å². The van der Waals surface area contributed by atoms with Crippen molar-refractivity contribution >= 4 is 34.1 Å². The van der Waals surface area contributed by atoms with Crippen LogP contribution in [0.5, 0.6) is 0 Å². The Kier molecular flexibility index (Phi) is 6.12. The van der Waals surface area contributed by atoms with E-state index < -0.39 is 11.4 Å². The number of aryl methyl sites for hydroxylation is 2. The lowest BCUT2D eigenvalue weighted by Crippen LogP contribution is -2.36. The Balaban J connectivity index is 1.56. The largest absolute Gasteiger partial charge is 0.481 e. The first kappa shape index (κ1) is 22.5. The molecule has 7 heteroatoms. The van der Waals surface area contributed by atoms with Gasteiger partial charge < -0.3 is 14.6 Å². The SMILES string of the molecule is Cc1nc(Cn2c3c(c4ccccc42)CCN(C(=O)CCCC(C)(C)C(=O)O)C3)c(C)s1. The molecule has 1 aliphatic rings. The van der Waals surface area contributed by atoms with Crippen LogP contribution in [0.15, 0.2) is 24.3 Å². The molecule has 1 N–H and O–H groups in total. The molecule has 3 heterocycles. The van der Waals surface area contributed by atoms with E-state index in [9.17, 15) is 14.7 Å². The van der Waals surface area contributed by atoms with Gasteiger partial charge in [0.2, 0.25) is 5.91 Å². The molecule has 0 spiro atoms. The minimum atomic E-state index is -0.815. The van der Waals surface area contributed by atoms with Crippen molar-refractivity contribution in [2.24, 2.45) is 5.41 Å². The van der Waals surface area contributed by atoms with Gasteiger partial charge in [0, 0.05) is 34.4 Å². The predicted molar refractivity (Wildman–Crippen MR) is 127 cm³/mol. The molecule has 2 aromatic heterocycles. The van der Waals surface area contributed by atoms with Gasteiger partial charge in [-0.25, -0.2) is 4.98 Å². The number of hydrogen-bond donors (Lipinski definition) is 1. The first-order chi connectivity index (χ1) is 15.2. The molecule has 4 rings (SSSR count). The number of hydrogen-bond acceptors (Lipinski definition) is 4. The Morgan fingerprint density at radius 1 is 1.22 bits per heavy atom. The molecule has 6 nitrogen and oxygen atoms in total. The Labute approximate surface area is 192 Å². The number of nitrogens with zero attached hydrogens (tertiary/aromatic N) is 3. The molecule has 0 atom stereocenters. The van der Waals surface area contributed by atoms with Crippen LogP contribution in [0.2, 0.25) is 0 Å². The van der Waals surface area contributed by atoms with Crippen molar-refractivity contribution in [3.8, 4) is 0 Å². The number of aromatic nitrogens is 2. The lowest BCUT2D eigenvalue weighted by molar-refractivity contribution is -0.147. The van der Waals surface area contributed by atoms with Crippen molar-refractivity contribution in [1.82, 2.24) is 14.5 Å². The molecular weight excluding hydrogens is 422 g/mol. The second-order valence-corrected chi connectivity index (χ2v) is 10.8. The van der Waals surface area contributed by atoms with Gasteiger partial charge in [0.15, 0.2) is 0 Å². The van der Waals surface area contributed by atoms with Crippen LogP contribution in [-0.2, 0) is 29.1 Å². The number of carboxylic acid groups (broad SMARTS) is 1. The summed E-state index contributed by atoms with van der Waals surface area (Å²) in [4.78, 5) is 32.2. The number of thiazole rings is 1. The highest BCUT2D eigenvalue weighted by Gasteiger charge is 2.29. The third-order valence-electron chi connectivity index (χ3n) is 6.60. The molecule has 0 radical (unpaired) electrons. The van der Waals surface area contributed by atoms with Gasteiger partial charge in [0.25, 0.3) is 0 Å². The van der Waals surface area contributed by atoms with Crippen molar-refractivity contribution < 1.29 is 14.7 Å². The molecule has 0 saturated carbocycles. The van der Waals surface area contributed by atoms with Gasteiger partial charge in [-0.05, 0) is 58.6 Å². The molecule has 0 fully saturated rings. The number of rotatable bonds is 7. The molecule has 1 amide bonds. The van der Waals surface area contributed by atoms with E-state index in [2.05, 4.69) is 35.8 Å². The first-order valence-corrected chi connectivity index (χ1v) is 12.0. The van der Waals surface area contributed by atoms with E-state index in [0.717, 1.165) is 17.1 Å². The maximum absolute atomic E-state index is 13.0. The number of carbonyl (C=O) groups excluding carboxylic acids is 1. The van der Waals surface area contributed by atoms with Crippen LogP contribution in [-0.4, -0.2) is 38.0 Å². The monoisotopic (exact) mass is 453 g/mol. The van der Waals surface area contributed by atoms with E-state index >= 15 is 0 Å². The van der Waals surface area contributed by atoms with Gasteiger partial charge in [0.1, 0.15) is 0 Å². The number of para-hydroxylation sites is 1. The fourth-order valence-electron chi connectivity index (χ4n) is 4.60. The smallest absolute Gasteiger partial charge is 0.309 e. The van der Waals surface area contributed by atoms with Gasteiger partial charge in [-0.15, -0.1) is 11.3 Å². The van der Waals surface area contributed by atoms with E-state index in [0.29, 0.717) is 38.9 Å². The molecule has 32 heavy (non-hydrogen) atoms. The van der Waals surface area contributed by atoms with E-state index in [1.165, 1.54) is 27.0 Å². The van der Waals surface area contributed by atoms with Crippen LogP contribution in [0.25, 0.3) is 10.9 Å². The summed E-state index contributed by atoms with van der Waals surface area (Å²) >= 11 is 1.72. The number of aliphatic carboxylic acids is 1. The number of carbonyl (C=O) groups is 2. The van der Waals surface area contributed by atoms with Gasteiger partial charge in [-0.2, -0.15) is 0 Å². The normalized spacial score (nSPS) is 14.1. The second kappa shape index (κ2) is 8.70. The Morgan fingerprint density at radius 3 is 2.66 bits per heavy atom. The van der Waals surface area contributed by atoms with Gasteiger partial charge in [-0.3, -0.25) is 9.59 Å². The minimum Gasteiger partial charge on any atom is -0.481 e. The van der Waals surface area contributed by atoms with E-state index in [-0.39, 0.29) is 5.91 Å². The second-order valence-electron chi connectivity index (χ2n) is 9.37. The fourth-order valence-corrected chi connectivity index (χ4v) is 5.43. The Bertz CT molecular complexity index is 1170. The summed E-state index contributed by atoms with van der Waals surface area (Å²) < 4.78 is 2.33. The molecular formula is C25H31N3O3S.